The Morgan fingerprint density at radius 2 is 1.96 bits per heavy atom. The maximum Gasteiger partial charge on any atom is 0.328 e. The van der Waals surface area contributed by atoms with E-state index < -0.39 is 5.97 Å². The van der Waals surface area contributed by atoms with Crippen LogP contribution in [0.15, 0.2) is 65.8 Å². The summed E-state index contributed by atoms with van der Waals surface area (Å²) in [5.41, 5.74) is 2.84. The number of carboxylic acids is 1. The molecule has 0 radical (unpaired) electrons. The zero-order valence-electron chi connectivity index (χ0n) is 16.4. The summed E-state index contributed by atoms with van der Waals surface area (Å²) in [5, 5.41) is 8.87. The molecule has 0 saturated heterocycles. The number of carboxylic acid groups (broad SMARTS) is 1. The van der Waals surface area contributed by atoms with Crippen LogP contribution in [-0.2, 0) is 4.79 Å². The second kappa shape index (κ2) is 11.2. The van der Waals surface area contributed by atoms with Crippen molar-refractivity contribution in [3.63, 3.8) is 0 Å². The van der Waals surface area contributed by atoms with Crippen LogP contribution in [0.1, 0.15) is 57.9 Å². The molecule has 1 heterocycles. The number of benzene rings is 1. The minimum absolute atomic E-state index is 0.0194. The van der Waals surface area contributed by atoms with E-state index in [9.17, 15) is 4.79 Å². The van der Waals surface area contributed by atoms with E-state index in [2.05, 4.69) is 25.2 Å². The van der Waals surface area contributed by atoms with Gasteiger partial charge < -0.3 is 9.84 Å². The van der Waals surface area contributed by atoms with E-state index >= 15 is 0 Å². The van der Waals surface area contributed by atoms with Gasteiger partial charge >= 0.3 is 5.97 Å². The van der Waals surface area contributed by atoms with Crippen molar-refractivity contribution in [3.05, 3.63) is 71.4 Å². The Balaban J connectivity index is 2.05. The van der Waals surface area contributed by atoms with Gasteiger partial charge in [0.15, 0.2) is 0 Å². The topological polar surface area (TPSA) is 46.5 Å². The van der Waals surface area contributed by atoms with Crippen molar-refractivity contribution in [2.24, 2.45) is 0 Å². The predicted molar refractivity (Wildman–Crippen MR) is 112 cm³/mol. The first-order chi connectivity index (χ1) is 13.1. The van der Waals surface area contributed by atoms with Crippen molar-refractivity contribution in [2.45, 2.75) is 58.5 Å². The highest BCUT2D eigenvalue weighted by molar-refractivity contribution is 5.81. The highest BCUT2D eigenvalue weighted by Crippen LogP contribution is 2.32. The lowest BCUT2D eigenvalue weighted by Crippen LogP contribution is -2.21. The maximum absolute atomic E-state index is 10.8. The summed E-state index contributed by atoms with van der Waals surface area (Å²) < 4.78 is 6.21. The summed E-state index contributed by atoms with van der Waals surface area (Å²) in [6, 6.07) is 8.01. The fraction of sp³-hybridized carbons (Fsp3) is 0.375. The molecule has 1 atom stereocenters. The third-order valence-corrected chi connectivity index (χ3v) is 4.51. The SMILES string of the molecule is CCCCCC=CCCC1Oc2ccccc2C=C1C=CC(C)=CC(=O)O. The standard InChI is InChI=1S/C24H30O3/c1-3-4-5-6-7-8-9-13-23-21(16-15-19(2)17-24(25)26)18-20-12-10-11-14-22(20)27-23/h7-8,10-12,14-18,23H,3-6,9,13H2,1-2H3,(H,25,26). The van der Waals surface area contributed by atoms with Crippen LogP contribution in [-0.4, -0.2) is 17.2 Å². The van der Waals surface area contributed by atoms with E-state index in [1.807, 2.05) is 36.4 Å². The van der Waals surface area contributed by atoms with Gasteiger partial charge in [-0.1, -0.05) is 62.3 Å². The monoisotopic (exact) mass is 366 g/mol. The fourth-order valence-electron chi connectivity index (χ4n) is 3.05. The molecule has 1 unspecified atom stereocenters. The van der Waals surface area contributed by atoms with Gasteiger partial charge in [0.2, 0.25) is 0 Å². The van der Waals surface area contributed by atoms with Gasteiger partial charge in [-0.05, 0) is 55.9 Å². The van der Waals surface area contributed by atoms with Crippen molar-refractivity contribution in [1.29, 1.82) is 0 Å². The Kier molecular flexibility index (Phi) is 8.63. The minimum Gasteiger partial charge on any atom is -0.485 e. The molecule has 0 aromatic heterocycles. The first-order valence-electron chi connectivity index (χ1n) is 9.81. The Bertz CT molecular complexity index is 738. The van der Waals surface area contributed by atoms with E-state index in [1.165, 1.54) is 25.3 Å². The molecule has 0 aliphatic carbocycles. The first-order valence-corrected chi connectivity index (χ1v) is 9.81. The average Bonchev–Trinajstić information content (AvgIpc) is 2.65. The summed E-state index contributed by atoms with van der Waals surface area (Å²) in [6.07, 6.45) is 18.5. The minimum atomic E-state index is -0.930. The van der Waals surface area contributed by atoms with Crippen LogP contribution in [0.2, 0.25) is 0 Å². The molecule has 144 valence electrons. The number of unbranched alkanes of at least 4 members (excludes halogenated alkanes) is 3. The molecule has 2 rings (SSSR count). The van der Waals surface area contributed by atoms with Gasteiger partial charge in [0, 0.05) is 11.6 Å². The summed E-state index contributed by atoms with van der Waals surface area (Å²) in [6.45, 7) is 4.01. The second-order valence-electron chi connectivity index (χ2n) is 6.89. The second-order valence-corrected chi connectivity index (χ2v) is 6.89. The third kappa shape index (κ3) is 7.30. The van der Waals surface area contributed by atoms with Crippen molar-refractivity contribution < 1.29 is 14.6 Å². The molecule has 1 aliphatic rings. The van der Waals surface area contributed by atoms with Crippen molar-refractivity contribution >= 4 is 12.0 Å². The predicted octanol–water partition coefficient (Wildman–Crippen LogP) is 6.33. The summed E-state index contributed by atoms with van der Waals surface area (Å²) >= 11 is 0. The number of allylic oxidation sites excluding steroid dienone is 4. The summed E-state index contributed by atoms with van der Waals surface area (Å²) in [7, 11) is 0. The highest BCUT2D eigenvalue weighted by Gasteiger charge is 2.20. The number of para-hydroxylation sites is 1. The molecule has 1 N–H and O–H groups in total. The van der Waals surface area contributed by atoms with Crippen LogP contribution >= 0.6 is 0 Å². The molecule has 0 spiro atoms. The highest BCUT2D eigenvalue weighted by atomic mass is 16.5. The molecular weight excluding hydrogens is 336 g/mol. The quantitative estimate of drug-likeness (QED) is 0.228. The van der Waals surface area contributed by atoms with Crippen molar-refractivity contribution in [3.8, 4) is 5.75 Å². The van der Waals surface area contributed by atoms with Crippen LogP contribution in [0.5, 0.6) is 5.75 Å². The van der Waals surface area contributed by atoms with Gasteiger partial charge in [-0.15, -0.1) is 0 Å². The molecule has 0 saturated carbocycles. The Morgan fingerprint density at radius 3 is 2.74 bits per heavy atom. The molecule has 3 heteroatoms. The average molecular weight is 367 g/mol. The van der Waals surface area contributed by atoms with Gasteiger partial charge in [-0.2, -0.15) is 0 Å². The zero-order valence-corrected chi connectivity index (χ0v) is 16.4. The molecule has 0 fully saturated rings. The van der Waals surface area contributed by atoms with Crippen LogP contribution in [0.3, 0.4) is 0 Å². The lowest BCUT2D eigenvalue weighted by atomic mass is 9.97. The van der Waals surface area contributed by atoms with Gasteiger partial charge in [-0.3, -0.25) is 0 Å². The smallest absolute Gasteiger partial charge is 0.328 e. The number of hydrogen-bond acceptors (Lipinski definition) is 2. The molecule has 1 aromatic rings. The van der Waals surface area contributed by atoms with Gasteiger partial charge in [0.1, 0.15) is 11.9 Å². The lowest BCUT2D eigenvalue weighted by molar-refractivity contribution is -0.131. The first kappa shape index (κ1) is 20.8. The normalized spacial score (nSPS) is 17.0. The van der Waals surface area contributed by atoms with Crippen molar-refractivity contribution in [2.75, 3.05) is 0 Å². The molecule has 27 heavy (non-hydrogen) atoms. The largest absolute Gasteiger partial charge is 0.485 e. The fourth-order valence-corrected chi connectivity index (χ4v) is 3.05. The molecule has 1 aliphatic heterocycles. The van der Waals surface area contributed by atoms with E-state index in [-0.39, 0.29) is 6.10 Å². The lowest BCUT2D eigenvalue weighted by Gasteiger charge is -2.25. The van der Waals surface area contributed by atoms with Gasteiger partial charge in [0.25, 0.3) is 0 Å². The van der Waals surface area contributed by atoms with E-state index in [0.717, 1.165) is 36.1 Å². The summed E-state index contributed by atoms with van der Waals surface area (Å²) in [5.74, 6) is -0.0227. The van der Waals surface area contributed by atoms with E-state index in [0.29, 0.717) is 5.57 Å². The molecule has 0 bridgehead atoms. The number of ether oxygens (including phenoxy) is 1. The molecule has 3 nitrogen and oxygen atoms in total. The Morgan fingerprint density at radius 1 is 1.19 bits per heavy atom. The molecular formula is C24H30O3. The third-order valence-electron chi connectivity index (χ3n) is 4.51. The Labute approximate surface area is 162 Å². The number of fused-ring (bicyclic) bond motifs is 1. The van der Waals surface area contributed by atoms with Crippen LogP contribution in [0.4, 0.5) is 0 Å². The number of carbonyl (C=O) groups is 1. The number of aliphatic carboxylic acids is 1. The van der Waals surface area contributed by atoms with E-state index in [4.69, 9.17) is 9.84 Å². The number of hydrogen-bond donors (Lipinski definition) is 1. The number of rotatable bonds is 10. The molecule has 1 aromatic carbocycles. The maximum atomic E-state index is 10.8. The molecule has 0 amide bonds. The van der Waals surface area contributed by atoms with Gasteiger partial charge in [-0.25, -0.2) is 4.79 Å². The summed E-state index contributed by atoms with van der Waals surface area (Å²) in [4.78, 5) is 10.8. The van der Waals surface area contributed by atoms with E-state index in [1.54, 1.807) is 6.92 Å². The van der Waals surface area contributed by atoms with Crippen molar-refractivity contribution in [1.82, 2.24) is 0 Å². The van der Waals surface area contributed by atoms with Crippen LogP contribution < -0.4 is 4.74 Å². The van der Waals surface area contributed by atoms with Crippen LogP contribution in [0, 0.1) is 0 Å². The van der Waals surface area contributed by atoms with Gasteiger partial charge in [0.05, 0.1) is 0 Å². The zero-order chi connectivity index (χ0) is 19.5. The Hall–Kier alpha value is -2.55. The van der Waals surface area contributed by atoms with Crippen LogP contribution in [0.25, 0.3) is 6.08 Å².